The number of benzene rings is 1. The molecule has 2 N–H and O–H groups in total. The number of hydrogen-bond donors (Lipinski definition) is 2. The number of imide groups is 1. The van der Waals surface area contributed by atoms with Crippen molar-refractivity contribution in [2.75, 3.05) is 5.32 Å². The van der Waals surface area contributed by atoms with Crippen molar-refractivity contribution in [3.63, 3.8) is 0 Å². The zero-order valence-corrected chi connectivity index (χ0v) is 13.7. The van der Waals surface area contributed by atoms with Gasteiger partial charge >= 0.3 is 0 Å². The van der Waals surface area contributed by atoms with Crippen molar-refractivity contribution in [1.82, 2.24) is 5.32 Å². The van der Waals surface area contributed by atoms with E-state index in [4.69, 9.17) is 0 Å². The Bertz CT molecular complexity index is 726. The van der Waals surface area contributed by atoms with Crippen molar-refractivity contribution in [3.05, 3.63) is 52.2 Å². The average Bonchev–Trinajstić information content (AvgIpc) is 3.11. The first-order chi connectivity index (χ1) is 11.1. The summed E-state index contributed by atoms with van der Waals surface area (Å²) >= 11 is 2.57. The Morgan fingerprint density at radius 3 is 2.57 bits per heavy atom. The van der Waals surface area contributed by atoms with Gasteiger partial charge in [-0.2, -0.15) is 0 Å². The van der Waals surface area contributed by atoms with E-state index in [0.29, 0.717) is 12.8 Å². The highest BCUT2D eigenvalue weighted by molar-refractivity contribution is 8.15. The lowest BCUT2D eigenvalue weighted by atomic mass is 10.1. The third-order valence-electron chi connectivity index (χ3n) is 3.34. The number of amides is 3. The van der Waals surface area contributed by atoms with Gasteiger partial charge in [0.1, 0.15) is 0 Å². The van der Waals surface area contributed by atoms with Crippen LogP contribution < -0.4 is 10.6 Å². The van der Waals surface area contributed by atoms with Crippen LogP contribution in [0.1, 0.15) is 10.4 Å². The van der Waals surface area contributed by atoms with Gasteiger partial charge in [0.2, 0.25) is 11.8 Å². The van der Waals surface area contributed by atoms with E-state index < -0.39 is 0 Å². The molecule has 0 spiro atoms. The zero-order valence-electron chi connectivity index (χ0n) is 12.1. The Kier molecular flexibility index (Phi) is 4.78. The maximum Gasteiger partial charge on any atom is 0.286 e. The van der Waals surface area contributed by atoms with Crippen molar-refractivity contribution >= 4 is 45.8 Å². The molecular formula is C16H14N2O3S2. The van der Waals surface area contributed by atoms with Crippen molar-refractivity contribution in [3.8, 4) is 0 Å². The van der Waals surface area contributed by atoms with Crippen LogP contribution in [-0.4, -0.2) is 22.3 Å². The summed E-state index contributed by atoms with van der Waals surface area (Å²) in [5.74, 6) is -0.301. The number of thioether (sulfide) groups is 1. The molecule has 2 heterocycles. The standard InChI is InChI=1S/C16H14N2O3S2/c19-14(9-12-2-1-7-22-12)17-11-5-3-10(4-6-11)8-13-15(20)18-16(21)23-13/h1-7,13H,8-9H2,(H,17,19)(H,18,20,21). The number of hydrogen-bond acceptors (Lipinski definition) is 5. The monoisotopic (exact) mass is 346 g/mol. The molecule has 0 saturated carbocycles. The predicted octanol–water partition coefficient (Wildman–Crippen LogP) is 2.82. The first-order valence-corrected chi connectivity index (χ1v) is 8.79. The number of rotatable bonds is 5. The Labute approximate surface area is 141 Å². The predicted molar refractivity (Wildman–Crippen MR) is 91.7 cm³/mol. The highest BCUT2D eigenvalue weighted by Crippen LogP contribution is 2.23. The normalized spacial score (nSPS) is 17.1. The van der Waals surface area contributed by atoms with Crippen molar-refractivity contribution < 1.29 is 14.4 Å². The van der Waals surface area contributed by atoms with Gasteiger partial charge in [-0.3, -0.25) is 19.7 Å². The summed E-state index contributed by atoms with van der Waals surface area (Å²) in [6.45, 7) is 0. The highest BCUT2D eigenvalue weighted by atomic mass is 32.2. The lowest BCUT2D eigenvalue weighted by Gasteiger charge is -2.08. The molecule has 3 amide bonds. The van der Waals surface area contributed by atoms with Gasteiger partial charge in [-0.1, -0.05) is 30.0 Å². The molecule has 1 unspecified atom stereocenters. The van der Waals surface area contributed by atoms with Crippen LogP contribution in [0.4, 0.5) is 10.5 Å². The fourth-order valence-corrected chi connectivity index (χ4v) is 3.81. The molecule has 2 aromatic rings. The topological polar surface area (TPSA) is 75.3 Å². The van der Waals surface area contributed by atoms with Gasteiger partial charge in [-0.05, 0) is 35.6 Å². The minimum absolute atomic E-state index is 0.0588. The molecule has 0 radical (unpaired) electrons. The number of thiophene rings is 1. The van der Waals surface area contributed by atoms with Crippen LogP contribution in [0.3, 0.4) is 0 Å². The van der Waals surface area contributed by atoms with E-state index in [-0.39, 0.29) is 22.3 Å². The summed E-state index contributed by atoms with van der Waals surface area (Å²) in [5, 5.41) is 6.40. The molecule has 3 rings (SSSR count). The molecule has 5 nitrogen and oxygen atoms in total. The highest BCUT2D eigenvalue weighted by Gasteiger charge is 2.31. The van der Waals surface area contributed by atoms with Crippen LogP contribution in [0.5, 0.6) is 0 Å². The second-order valence-electron chi connectivity index (χ2n) is 5.09. The smallest absolute Gasteiger partial charge is 0.286 e. The summed E-state index contributed by atoms with van der Waals surface area (Å²) in [7, 11) is 0. The third kappa shape index (κ3) is 4.20. The molecular weight excluding hydrogens is 332 g/mol. The van der Waals surface area contributed by atoms with E-state index in [0.717, 1.165) is 27.9 Å². The van der Waals surface area contributed by atoms with Crippen LogP contribution in [0.2, 0.25) is 0 Å². The summed E-state index contributed by atoms with van der Waals surface area (Å²) in [6, 6.07) is 11.2. The Balaban J connectivity index is 1.55. The molecule has 1 atom stereocenters. The second-order valence-corrected chi connectivity index (χ2v) is 7.30. The van der Waals surface area contributed by atoms with Crippen molar-refractivity contribution in [2.24, 2.45) is 0 Å². The quantitative estimate of drug-likeness (QED) is 0.873. The van der Waals surface area contributed by atoms with Crippen LogP contribution in [-0.2, 0) is 22.4 Å². The summed E-state index contributed by atoms with van der Waals surface area (Å²) in [5.41, 5.74) is 1.67. The van der Waals surface area contributed by atoms with Gasteiger partial charge in [0.05, 0.1) is 11.7 Å². The van der Waals surface area contributed by atoms with Gasteiger partial charge in [0.25, 0.3) is 5.24 Å². The fourth-order valence-electron chi connectivity index (χ4n) is 2.24. The van der Waals surface area contributed by atoms with E-state index in [9.17, 15) is 14.4 Å². The van der Waals surface area contributed by atoms with E-state index in [1.807, 2.05) is 29.6 Å². The maximum atomic E-state index is 11.9. The minimum Gasteiger partial charge on any atom is -0.326 e. The van der Waals surface area contributed by atoms with E-state index in [2.05, 4.69) is 10.6 Å². The number of carbonyl (C=O) groups excluding carboxylic acids is 3. The number of anilines is 1. The average molecular weight is 346 g/mol. The lowest BCUT2D eigenvalue weighted by molar-refractivity contribution is -0.119. The first kappa shape index (κ1) is 15.8. The van der Waals surface area contributed by atoms with Crippen LogP contribution in [0.15, 0.2) is 41.8 Å². The first-order valence-electron chi connectivity index (χ1n) is 7.03. The van der Waals surface area contributed by atoms with Gasteiger partial charge in [-0.25, -0.2) is 0 Å². The molecule has 1 aliphatic heterocycles. The largest absolute Gasteiger partial charge is 0.326 e. The molecule has 1 aromatic carbocycles. The molecule has 1 aliphatic rings. The summed E-state index contributed by atoms with van der Waals surface area (Å²) < 4.78 is 0. The van der Waals surface area contributed by atoms with Crippen molar-refractivity contribution in [2.45, 2.75) is 18.1 Å². The molecule has 1 aromatic heterocycles. The Morgan fingerprint density at radius 2 is 1.96 bits per heavy atom. The van der Waals surface area contributed by atoms with E-state index in [1.54, 1.807) is 23.5 Å². The zero-order chi connectivity index (χ0) is 16.2. The van der Waals surface area contributed by atoms with Crippen molar-refractivity contribution in [1.29, 1.82) is 0 Å². The maximum absolute atomic E-state index is 11.9. The number of nitrogens with one attached hydrogen (secondary N) is 2. The molecule has 0 aliphatic carbocycles. The molecule has 118 valence electrons. The Hall–Kier alpha value is -2.12. The molecule has 0 bridgehead atoms. The van der Waals surface area contributed by atoms with E-state index in [1.165, 1.54) is 0 Å². The fraction of sp³-hybridized carbons (Fsp3) is 0.188. The van der Waals surface area contributed by atoms with Crippen LogP contribution >= 0.6 is 23.1 Å². The third-order valence-corrected chi connectivity index (χ3v) is 5.20. The summed E-state index contributed by atoms with van der Waals surface area (Å²) in [4.78, 5) is 35.6. The minimum atomic E-state index is -0.373. The Morgan fingerprint density at radius 1 is 1.17 bits per heavy atom. The van der Waals surface area contributed by atoms with Crippen LogP contribution in [0.25, 0.3) is 0 Å². The van der Waals surface area contributed by atoms with Gasteiger partial charge in [-0.15, -0.1) is 11.3 Å². The number of carbonyl (C=O) groups is 3. The van der Waals surface area contributed by atoms with E-state index >= 15 is 0 Å². The SMILES string of the molecule is O=C(Cc1cccs1)Nc1ccc(CC2SC(=O)NC2=O)cc1. The van der Waals surface area contributed by atoms with Crippen LogP contribution in [0, 0.1) is 0 Å². The lowest BCUT2D eigenvalue weighted by Crippen LogP contribution is -2.25. The second kappa shape index (κ2) is 6.97. The van der Waals surface area contributed by atoms with Gasteiger partial charge < -0.3 is 5.32 Å². The molecule has 1 saturated heterocycles. The molecule has 7 heteroatoms. The molecule has 23 heavy (non-hydrogen) atoms. The summed E-state index contributed by atoms with van der Waals surface area (Å²) in [6.07, 6.45) is 0.853. The van der Waals surface area contributed by atoms with Gasteiger partial charge in [0, 0.05) is 10.6 Å². The molecule has 1 fully saturated rings. The van der Waals surface area contributed by atoms with Gasteiger partial charge in [0.15, 0.2) is 0 Å².